The van der Waals surface area contributed by atoms with E-state index in [2.05, 4.69) is 22.0 Å². The molecular formula is C26H23BrO4. The van der Waals surface area contributed by atoms with Crippen LogP contribution in [0.4, 0.5) is 0 Å². The topological polar surface area (TPSA) is 36.9 Å². The number of rotatable bonds is 7. The number of methoxy groups -OCH3 is 3. The Morgan fingerprint density at radius 1 is 0.581 bits per heavy atom. The number of benzene rings is 4. The molecule has 0 aliphatic rings. The predicted molar refractivity (Wildman–Crippen MR) is 126 cm³/mol. The minimum atomic E-state index is -1.04. The maximum atomic E-state index is 5.94. The fourth-order valence-corrected chi connectivity index (χ4v) is 3.92. The summed E-state index contributed by atoms with van der Waals surface area (Å²) < 4.78 is 24.1. The lowest BCUT2D eigenvalue weighted by Gasteiger charge is -2.32. The van der Waals surface area contributed by atoms with Gasteiger partial charge in [0.2, 0.25) is 5.79 Å². The number of ether oxygens (including phenoxy) is 4. The molecule has 5 heteroatoms. The lowest BCUT2D eigenvalue weighted by molar-refractivity contribution is -0.183. The van der Waals surface area contributed by atoms with Crippen molar-refractivity contribution in [2.24, 2.45) is 0 Å². The van der Waals surface area contributed by atoms with Crippen LogP contribution in [0.5, 0.6) is 17.2 Å². The second-order valence-electron chi connectivity index (χ2n) is 7.03. The Kier molecular flexibility index (Phi) is 6.28. The maximum Gasteiger partial charge on any atom is 0.221 e. The normalized spacial score (nSPS) is 11.5. The zero-order valence-electron chi connectivity index (χ0n) is 17.6. The summed E-state index contributed by atoms with van der Waals surface area (Å²) in [6.45, 7) is 0. The van der Waals surface area contributed by atoms with E-state index in [9.17, 15) is 0 Å². The van der Waals surface area contributed by atoms with E-state index in [1.54, 1.807) is 21.3 Å². The quantitative estimate of drug-likeness (QED) is 0.270. The van der Waals surface area contributed by atoms with E-state index in [-0.39, 0.29) is 0 Å². The highest BCUT2D eigenvalue weighted by Gasteiger charge is 2.34. The summed E-state index contributed by atoms with van der Waals surface area (Å²) >= 11 is 3.43. The zero-order valence-corrected chi connectivity index (χ0v) is 19.2. The summed E-state index contributed by atoms with van der Waals surface area (Å²) in [4.78, 5) is 0. The highest BCUT2D eigenvalue weighted by Crippen LogP contribution is 2.37. The smallest absolute Gasteiger partial charge is 0.221 e. The Labute approximate surface area is 190 Å². The highest BCUT2D eigenvalue weighted by molar-refractivity contribution is 9.10. The van der Waals surface area contributed by atoms with Crippen molar-refractivity contribution in [2.75, 3.05) is 21.3 Å². The lowest BCUT2D eigenvalue weighted by Crippen LogP contribution is -2.32. The van der Waals surface area contributed by atoms with Crippen molar-refractivity contribution in [3.8, 4) is 17.2 Å². The minimum absolute atomic E-state index is 0.734. The van der Waals surface area contributed by atoms with Crippen molar-refractivity contribution in [3.63, 3.8) is 0 Å². The van der Waals surface area contributed by atoms with Gasteiger partial charge < -0.3 is 18.9 Å². The molecule has 4 nitrogen and oxygen atoms in total. The zero-order chi connectivity index (χ0) is 21.8. The molecule has 0 saturated carbocycles. The van der Waals surface area contributed by atoms with Crippen molar-refractivity contribution >= 4 is 26.7 Å². The molecule has 0 heterocycles. The fraction of sp³-hybridized carbons (Fsp3) is 0.154. The molecule has 0 N–H and O–H groups in total. The molecule has 4 aromatic rings. The molecule has 0 bridgehead atoms. The van der Waals surface area contributed by atoms with Gasteiger partial charge in [-0.1, -0.05) is 34.1 Å². The average Bonchev–Trinajstić information content (AvgIpc) is 2.82. The highest BCUT2D eigenvalue weighted by atomic mass is 79.9. The van der Waals surface area contributed by atoms with Crippen molar-refractivity contribution in [2.45, 2.75) is 5.79 Å². The largest absolute Gasteiger partial charge is 0.497 e. The van der Waals surface area contributed by atoms with E-state index in [4.69, 9.17) is 18.9 Å². The summed E-state index contributed by atoms with van der Waals surface area (Å²) in [7, 11) is 4.96. The van der Waals surface area contributed by atoms with Crippen LogP contribution in [0.1, 0.15) is 11.1 Å². The lowest BCUT2D eigenvalue weighted by atomic mass is 9.94. The molecule has 158 valence electrons. The van der Waals surface area contributed by atoms with Gasteiger partial charge in [-0.25, -0.2) is 0 Å². The third-order valence-corrected chi connectivity index (χ3v) is 5.81. The summed E-state index contributed by atoms with van der Waals surface area (Å²) in [5.74, 6) is 1.29. The van der Waals surface area contributed by atoms with Gasteiger partial charge in [0.05, 0.1) is 7.11 Å². The number of hydrogen-bond acceptors (Lipinski definition) is 4. The molecule has 4 aromatic carbocycles. The van der Waals surface area contributed by atoms with Crippen LogP contribution >= 0.6 is 15.9 Å². The molecule has 0 unspecified atom stereocenters. The Balaban J connectivity index is 1.67. The summed E-state index contributed by atoms with van der Waals surface area (Å²) in [5.41, 5.74) is 1.77. The number of fused-ring (bicyclic) bond motifs is 1. The van der Waals surface area contributed by atoms with Crippen LogP contribution in [0, 0.1) is 0 Å². The Bertz CT molecular complexity index is 1170. The first kappa shape index (κ1) is 21.4. The van der Waals surface area contributed by atoms with Crippen LogP contribution < -0.4 is 9.47 Å². The van der Waals surface area contributed by atoms with Crippen LogP contribution in [0.2, 0.25) is 0 Å². The average molecular weight is 479 g/mol. The third kappa shape index (κ3) is 4.30. The second kappa shape index (κ2) is 9.10. The van der Waals surface area contributed by atoms with Gasteiger partial charge >= 0.3 is 0 Å². The first-order chi connectivity index (χ1) is 15.1. The molecule has 0 amide bonds. The SMILES string of the molecule is COc1ccc2cc(C(OC)(OC)c3ccc(Oc4ccc(Br)cc4)cc3)ccc2c1. The first-order valence-electron chi connectivity index (χ1n) is 9.80. The van der Waals surface area contributed by atoms with Crippen LogP contribution in [0.15, 0.2) is 89.4 Å². The van der Waals surface area contributed by atoms with Gasteiger partial charge in [0.1, 0.15) is 17.2 Å². The molecule has 0 saturated heterocycles. The van der Waals surface area contributed by atoms with Gasteiger partial charge in [0, 0.05) is 29.8 Å². The van der Waals surface area contributed by atoms with Gasteiger partial charge in [-0.2, -0.15) is 0 Å². The van der Waals surface area contributed by atoms with Crippen molar-refractivity contribution < 1.29 is 18.9 Å². The van der Waals surface area contributed by atoms with E-state index in [1.165, 1.54) is 0 Å². The molecule has 0 atom stereocenters. The fourth-order valence-electron chi connectivity index (χ4n) is 3.66. The van der Waals surface area contributed by atoms with Crippen LogP contribution in [0.3, 0.4) is 0 Å². The van der Waals surface area contributed by atoms with Crippen LogP contribution in [-0.4, -0.2) is 21.3 Å². The van der Waals surface area contributed by atoms with Gasteiger partial charge in [-0.3, -0.25) is 0 Å². The van der Waals surface area contributed by atoms with Crippen LogP contribution in [-0.2, 0) is 15.3 Å². The van der Waals surface area contributed by atoms with E-state index in [0.29, 0.717) is 0 Å². The van der Waals surface area contributed by atoms with Crippen LogP contribution in [0.25, 0.3) is 10.8 Å². The maximum absolute atomic E-state index is 5.94. The molecule has 31 heavy (non-hydrogen) atoms. The summed E-state index contributed by atoms with van der Waals surface area (Å²) in [6.07, 6.45) is 0. The molecule has 0 aliphatic heterocycles. The van der Waals surface area contributed by atoms with E-state index in [0.717, 1.165) is 43.6 Å². The monoisotopic (exact) mass is 478 g/mol. The molecule has 0 aliphatic carbocycles. The van der Waals surface area contributed by atoms with E-state index < -0.39 is 5.79 Å². The van der Waals surface area contributed by atoms with Gasteiger partial charge in [-0.05, 0) is 77.5 Å². The van der Waals surface area contributed by atoms with Crippen molar-refractivity contribution in [1.29, 1.82) is 0 Å². The van der Waals surface area contributed by atoms with E-state index in [1.807, 2.05) is 78.9 Å². The first-order valence-corrected chi connectivity index (χ1v) is 10.6. The standard InChI is InChI=1S/C26H23BrO4/c1-28-25-11-5-18-16-21(6-4-19(18)17-25)26(29-2,30-3)20-7-12-23(13-8-20)31-24-14-9-22(27)10-15-24/h4-17H,1-3H3. The molecule has 0 fully saturated rings. The summed E-state index contributed by atoms with van der Waals surface area (Å²) in [6, 6.07) is 27.6. The predicted octanol–water partition coefficient (Wildman–Crippen LogP) is 6.90. The van der Waals surface area contributed by atoms with Gasteiger partial charge in [0.15, 0.2) is 0 Å². The second-order valence-corrected chi connectivity index (χ2v) is 7.95. The molecular weight excluding hydrogens is 456 g/mol. The van der Waals surface area contributed by atoms with Crippen molar-refractivity contribution in [3.05, 3.63) is 101 Å². The van der Waals surface area contributed by atoms with Gasteiger partial charge in [-0.15, -0.1) is 0 Å². The third-order valence-electron chi connectivity index (χ3n) is 5.29. The van der Waals surface area contributed by atoms with Gasteiger partial charge in [0.25, 0.3) is 0 Å². The van der Waals surface area contributed by atoms with E-state index >= 15 is 0 Å². The molecule has 0 aromatic heterocycles. The minimum Gasteiger partial charge on any atom is -0.497 e. The Morgan fingerprint density at radius 3 is 1.71 bits per heavy atom. The number of halogens is 1. The van der Waals surface area contributed by atoms with Crippen molar-refractivity contribution in [1.82, 2.24) is 0 Å². The summed E-state index contributed by atoms with van der Waals surface area (Å²) in [5, 5.41) is 2.16. The molecule has 0 radical (unpaired) electrons. The Morgan fingerprint density at radius 2 is 1.10 bits per heavy atom. The molecule has 0 spiro atoms. The molecule has 4 rings (SSSR count). The number of hydrogen-bond donors (Lipinski definition) is 0. The Hall–Kier alpha value is -2.86.